The number of aryl methyl sites for hydroxylation is 1. The van der Waals surface area contributed by atoms with Crippen molar-refractivity contribution in [3.05, 3.63) is 29.8 Å². The molecule has 1 N–H and O–H groups in total. The van der Waals surface area contributed by atoms with Gasteiger partial charge in [-0.15, -0.1) is 0 Å². The van der Waals surface area contributed by atoms with Crippen LogP contribution in [0, 0.1) is 6.92 Å². The minimum Gasteiger partial charge on any atom is -0.479 e. The molecule has 94 valence electrons. The molecule has 4 nitrogen and oxygen atoms in total. The molecule has 1 aromatic carbocycles. The molecule has 1 atom stereocenters. The molecule has 0 aliphatic heterocycles. The fourth-order valence-corrected chi connectivity index (χ4v) is 1.56. The van der Waals surface area contributed by atoms with Crippen LogP contribution in [0.5, 0.6) is 0 Å². The molecular weight excluding hydrogens is 218 g/mol. The third kappa shape index (κ3) is 4.07. The summed E-state index contributed by atoms with van der Waals surface area (Å²) in [6.07, 6.45) is -0.786. The number of aliphatic carboxylic acids is 1. The van der Waals surface area contributed by atoms with Gasteiger partial charge in [-0.2, -0.15) is 0 Å². The summed E-state index contributed by atoms with van der Waals surface area (Å²) in [5, 5.41) is 8.99. The maximum atomic E-state index is 11.0. The summed E-state index contributed by atoms with van der Waals surface area (Å²) < 4.78 is 5.18. The maximum Gasteiger partial charge on any atom is 0.334 e. The third-order valence-electron chi connectivity index (χ3n) is 2.56. The Labute approximate surface area is 102 Å². The van der Waals surface area contributed by atoms with Gasteiger partial charge < -0.3 is 14.7 Å². The van der Waals surface area contributed by atoms with Gasteiger partial charge in [0, 0.05) is 19.3 Å². The Balaban J connectivity index is 2.66. The lowest BCUT2D eigenvalue weighted by atomic mass is 10.2. The van der Waals surface area contributed by atoms with Gasteiger partial charge in [0.05, 0.1) is 6.54 Å². The molecule has 0 aliphatic rings. The molecule has 1 unspecified atom stereocenters. The second kappa shape index (κ2) is 6.25. The molecule has 17 heavy (non-hydrogen) atoms. The first-order valence-corrected chi connectivity index (χ1v) is 5.66. The SMILES string of the molecule is CCOC(CN(C)c1ccc(C)cc1)C(=O)O. The standard InChI is InChI=1S/C13H19NO3/c1-4-17-12(13(15)16)9-14(3)11-7-5-10(2)6-8-11/h5-8,12H,4,9H2,1-3H3,(H,15,16). The molecule has 1 rings (SSSR count). The third-order valence-corrected chi connectivity index (χ3v) is 2.56. The molecule has 0 saturated carbocycles. The number of nitrogens with zero attached hydrogens (tertiary/aromatic N) is 1. The monoisotopic (exact) mass is 237 g/mol. The molecule has 0 spiro atoms. The van der Waals surface area contributed by atoms with Crippen LogP contribution < -0.4 is 4.90 Å². The number of carboxylic acid groups (broad SMARTS) is 1. The molecule has 0 aromatic heterocycles. The van der Waals surface area contributed by atoms with Gasteiger partial charge in [0.2, 0.25) is 0 Å². The van der Waals surface area contributed by atoms with Crippen LogP contribution >= 0.6 is 0 Å². The highest BCUT2D eigenvalue weighted by Gasteiger charge is 2.19. The van der Waals surface area contributed by atoms with E-state index in [2.05, 4.69) is 0 Å². The average molecular weight is 237 g/mol. The van der Waals surface area contributed by atoms with E-state index in [-0.39, 0.29) is 0 Å². The highest BCUT2D eigenvalue weighted by Crippen LogP contribution is 2.14. The highest BCUT2D eigenvalue weighted by atomic mass is 16.5. The predicted octanol–water partition coefficient (Wildman–Crippen LogP) is 1.92. The number of rotatable bonds is 6. The van der Waals surface area contributed by atoms with Crippen molar-refractivity contribution in [2.75, 3.05) is 25.1 Å². The topological polar surface area (TPSA) is 49.8 Å². The first kappa shape index (κ1) is 13.5. The van der Waals surface area contributed by atoms with E-state index in [0.29, 0.717) is 13.2 Å². The van der Waals surface area contributed by atoms with Crippen LogP contribution in [0.25, 0.3) is 0 Å². The Hall–Kier alpha value is -1.55. The predicted molar refractivity (Wildman–Crippen MR) is 67.5 cm³/mol. The number of carboxylic acids is 1. The second-order valence-corrected chi connectivity index (χ2v) is 4.00. The molecule has 0 saturated heterocycles. The van der Waals surface area contributed by atoms with E-state index in [9.17, 15) is 4.79 Å². The van der Waals surface area contributed by atoms with Crippen molar-refractivity contribution >= 4 is 11.7 Å². The van der Waals surface area contributed by atoms with Crippen molar-refractivity contribution in [2.24, 2.45) is 0 Å². The van der Waals surface area contributed by atoms with Gasteiger partial charge in [0.1, 0.15) is 0 Å². The summed E-state index contributed by atoms with van der Waals surface area (Å²) in [7, 11) is 1.86. The van der Waals surface area contributed by atoms with Gasteiger partial charge in [0.25, 0.3) is 0 Å². The Kier molecular flexibility index (Phi) is 4.97. The molecule has 0 aliphatic carbocycles. The maximum absolute atomic E-state index is 11.0. The molecule has 4 heteroatoms. The van der Waals surface area contributed by atoms with E-state index < -0.39 is 12.1 Å². The Morgan fingerprint density at radius 3 is 2.47 bits per heavy atom. The lowest BCUT2D eigenvalue weighted by Gasteiger charge is -2.23. The van der Waals surface area contributed by atoms with Crippen molar-refractivity contribution in [2.45, 2.75) is 20.0 Å². The summed E-state index contributed by atoms with van der Waals surface area (Å²) in [6.45, 7) is 4.55. The van der Waals surface area contributed by atoms with Crippen molar-refractivity contribution in [3.8, 4) is 0 Å². The molecule has 0 radical (unpaired) electrons. The van der Waals surface area contributed by atoms with Crippen molar-refractivity contribution in [1.29, 1.82) is 0 Å². The molecule has 1 aromatic rings. The van der Waals surface area contributed by atoms with Crippen LogP contribution in [0.3, 0.4) is 0 Å². The van der Waals surface area contributed by atoms with E-state index in [1.807, 2.05) is 43.1 Å². The zero-order valence-electron chi connectivity index (χ0n) is 10.5. The lowest BCUT2D eigenvalue weighted by Crippen LogP contribution is -2.36. The van der Waals surface area contributed by atoms with E-state index in [1.165, 1.54) is 5.56 Å². The van der Waals surface area contributed by atoms with Gasteiger partial charge in [-0.1, -0.05) is 17.7 Å². The van der Waals surface area contributed by atoms with Gasteiger partial charge in [-0.25, -0.2) is 4.79 Å². The smallest absolute Gasteiger partial charge is 0.334 e. The van der Waals surface area contributed by atoms with E-state index in [0.717, 1.165) is 5.69 Å². The number of benzene rings is 1. The number of anilines is 1. The Morgan fingerprint density at radius 2 is 2.00 bits per heavy atom. The first-order chi connectivity index (χ1) is 8.04. The van der Waals surface area contributed by atoms with Gasteiger partial charge in [0.15, 0.2) is 6.10 Å². The van der Waals surface area contributed by atoms with Crippen molar-refractivity contribution in [1.82, 2.24) is 0 Å². The Morgan fingerprint density at radius 1 is 1.41 bits per heavy atom. The molecule has 0 bridgehead atoms. The van der Waals surface area contributed by atoms with E-state index in [4.69, 9.17) is 9.84 Å². The summed E-state index contributed by atoms with van der Waals surface area (Å²) in [4.78, 5) is 12.8. The Bertz CT molecular complexity index is 361. The van der Waals surface area contributed by atoms with Gasteiger partial charge in [-0.3, -0.25) is 0 Å². The zero-order chi connectivity index (χ0) is 12.8. The summed E-state index contributed by atoms with van der Waals surface area (Å²) >= 11 is 0. The van der Waals surface area contributed by atoms with Gasteiger partial charge >= 0.3 is 5.97 Å². The molecule has 0 amide bonds. The number of hydrogen-bond acceptors (Lipinski definition) is 3. The van der Waals surface area contributed by atoms with Crippen LogP contribution in [0.4, 0.5) is 5.69 Å². The van der Waals surface area contributed by atoms with Crippen molar-refractivity contribution in [3.63, 3.8) is 0 Å². The van der Waals surface area contributed by atoms with Crippen LogP contribution in [-0.4, -0.2) is 37.4 Å². The largest absolute Gasteiger partial charge is 0.479 e. The minimum absolute atomic E-state index is 0.340. The number of ether oxygens (including phenoxy) is 1. The number of likely N-dealkylation sites (N-methyl/N-ethyl adjacent to an activating group) is 1. The normalized spacial score (nSPS) is 12.2. The highest BCUT2D eigenvalue weighted by molar-refractivity contribution is 5.73. The fraction of sp³-hybridized carbons (Fsp3) is 0.462. The number of carbonyl (C=O) groups is 1. The fourth-order valence-electron chi connectivity index (χ4n) is 1.56. The molecular formula is C13H19NO3. The van der Waals surface area contributed by atoms with Crippen LogP contribution in [-0.2, 0) is 9.53 Å². The van der Waals surface area contributed by atoms with E-state index >= 15 is 0 Å². The van der Waals surface area contributed by atoms with Gasteiger partial charge in [-0.05, 0) is 26.0 Å². The van der Waals surface area contributed by atoms with E-state index in [1.54, 1.807) is 6.92 Å². The summed E-state index contributed by atoms with van der Waals surface area (Å²) in [6, 6.07) is 7.95. The van der Waals surface area contributed by atoms with Crippen LogP contribution in [0.2, 0.25) is 0 Å². The average Bonchev–Trinajstić information content (AvgIpc) is 2.29. The summed E-state index contributed by atoms with van der Waals surface area (Å²) in [5.74, 6) is -0.925. The zero-order valence-corrected chi connectivity index (χ0v) is 10.5. The molecule has 0 fully saturated rings. The molecule has 0 heterocycles. The first-order valence-electron chi connectivity index (χ1n) is 5.66. The number of hydrogen-bond donors (Lipinski definition) is 1. The van der Waals surface area contributed by atoms with Crippen LogP contribution in [0.15, 0.2) is 24.3 Å². The summed E-state index contributed by atoms with van der Waals surface area (Å²) in [5.41, 5.74) is 2.17. The minimum atomic E-state index is -0.925. The lowest BCUT2D eigenvalue weighted by molar-refractivity contribution is -0.149. The second-order valence-electron chi connectivity index (χ2n) is 4.00. The van der Waals surface area contributed by atoms with Crippen molar-refractivity contribution < 1.29 is 14.6 Å². The van der Waals surface area contributed by atoms with Crippen LogP contribution in [0.1, 0.15) is 12.5 Å². The quantitative estimate of drug-likeness (QED) is 0.821.